The van der Waals surface area contributed by atoms with Gasteiger partial charge in [0.15, 0.2) is 0 Å². The minimum atomic E-state index is 0.179. The Kier molecular flexibility index (Phi) is 5.82. The highest BCUT2D eigenvalue weighted by Crippen LogP contribution is 2.17. The Morgan fingerprint density at radius 2 is 2.17 bits per heavy atom. The minimum Gasteiger partial charge on any atom is -0.383 e. The standard InChI is InChI=1S/C18H24N4OS/c1-14-13-19-7-4-16(14)21-9-8-20-15-5-10-22(11-6-15)18(23)17-3-2-12-24-17/h2-4,7,12-13,15,20H,5-6,8-11H2,1H3,(H,19,21). The predicted molar refractivity (Wildman–Crippen MR) is 98.7 cm³/mol. The van der Waals surface area contributed by atoms with Gasteiger partial charge in [-0.1, -0.05) is 6.07 Å². The zero-order valence-electron chi connectivity index (χ0n) is 14.0. The summed E-state index contributed by atoms with van der Waals surface area (Å²) in [6.45, 7) is 5.55. The van der Waals surface area contributed by atoms with Gasteiger partial charge in [-0.25, -0.2) is 0 Å². The molecule has 2 N–H and O–H groups in total. The van der Waals surface area contributed by atoms with Crippen LogP contribution in [0.15, 0.2) is 36.0 Å². The number of aromatic nitrogens is 1. The number of thiophene rings is 1. The first kappa shape index (κ1) is 16.9. The molecule has 3 rings (SSSR count). The Labute approximate surface area is 147 Å². The van der Waals surface area contributed by atoms with Crippen LogP contribution in [0.5, 0.6) is 0 Å². The van der Waals surface area contributed by atoms with Crippen molar-refractivity contribution in [2.24, 2.45) is 0 Å². The summed E-state index contributed by atoms with van der Waals surface area (Å²) in [4.78, 5) is 19.2. The zero-order valence-corrected chi connectivity index (χ0v) is 14.8. The Balaban J connectivity index is 1.35. The molecular formula is C18H24N4OS. The summed E-state index contributed by atoms with van der Waals surface area (Å²) in [6.07, 6.45) is 5.72. The first-order chi connectivity index (χ1) is 11.7. The number of amides is 1. The highest BCUT2D eigenvalue weighted by Gasteiger charge is 2.23. The molecule has 0 bridgehead atoms. The number of nitrogens with zero attached hydrogens (tertiary/aromatic N) is 2. The predicted octanol–water partition coefficient (Wildman–Crippen LogP) is 2.76. The average molecular weight is 344 g/mol. The van der Waals surface area contributed by atoms with Gasteiger partial charge >= 0.3 is 0 Å². The average Bonchev–Trinajstić information content (AvgIpc) is 3.15. The van der Waals surface area contributed by atoms with E-state index in [1.807, 2.05) is 40.9 Å². The van der Waals surface area contributed by atoms with E-state index in [9.17, 15) is 4.79 Å². The van der Waals surface area contributed by atoms with E-state index < -0.39 is 0 Å². The van der Waals surface area contributed by atoms with E-state index in [0.717, 1.165) is 55.1 Å². The molecule has 0 atom stereocenters. The second-order valence-electron chi connectivity index (χ2n) is 6.12. The van der Waals surface area contributed by atoms with Crippen molar-refractivity contribution >= 4 is 22.9 Å². The van der Waals surface area contributed by atoms with Crippen molar-refractivity contribution in [2.45, 2.75) is 25.8 Å². The van der Waals surface area contributed by atoms with Crippen molar-refractivity contribution in [3.8, 4) is 0 Å². The Hall–Kier alpha value is -1.92. The third-order valence-electron chi connectivity index (χ3n) is 4.41. The highest BCUT2D eigenvalue weighted by molar-refractivity contribution is 7.12. The molecule has 0 aliphatic carbocycles. The van der Waals surface area contributed by atoms with E-state index in [0.29, 0.717) is 6.04 Å². The number of piperidine rings is 1. The number of carbonyl (C=O) groups excluding carboxylic acids is 1. The number of carbonyl (C=O) groups is 1. The third-order valence-corrected chi connectivity index (χ3v) is 5.27. The summed E-state index contributed by atoms with van der Waals surface area (Å²) in [7, 11) is 0. The molecule has 24 heavy (non-hydrogen) atoms. The quantitative estimate of drug-likeness (QED) is 0.791. The number of hydrogen-bond acceptors (Lipinski definition) is 5. The molecule has 1 fully saturated rings. The van der Waals surface area contributed by atoms with E-state index in [1.165, 1.54) is 11.3 Å². The number of likely N-dealkylation sites (tertiary alicyclic amines) is 1. The molecule has 1 amide bonds. The molecular weight excluding hydrogens is 320 g/mol. The molecule has 3 heterocycles. The SMILES string of the molecule is Cc1cnccc1NCCNC1CCN(C(=O)c2cccs2)CC1. The zero-order chi connectivity index (χ0) is 16.8. The number of anilines is 1. The summed E-state index contributed by atoms with van der Waals surface area (Å²) in [5.41, 5.74) is 2.31. The molecule has 5 nitrogen and oxygen atoms in total. The van der Waals surface area contributed by atoms with Crippen LogP contribution in [-0.4, -0.2) is 48.0 Å². The Morgan fingerprint density at radius 3 is 2.88 bits per heavy atom. The molecule has 0 spiro atoms. The highest BCUT2D eigenvalue weighted by atomic mass is 32.1. The maximum absolute atomic E-state index is 12.3. The molecule has 1 aliphatic rings. The van der Waals surface area contributed by atoms with Crippen LogP contribution < -0.4 is 10.6 Å². The van der Waals surface area contributed by atoms with Crippen molar-refractivity contribution in [1.82, 2.24) is 15.2 Å². The van der Waals surface area contributed by atoms with Gasteiger partial charge < -0.3 is 15.5 Å². The molecule has 0 radical (unpaired) electrons. The van der Waals surface area contributed by atoms with Gasteiger partial charge in [0, 0.05) is 50.3 Å². The van der Waals surface area contributed by atoms with Crippen molar-refractivity contribution in [3.63, 3.8) is 0 Å². The lowest BCUT2D eigenvalue weighted by molar-refractivity contribution is 0.0710. The second-order valence-corrected chi connectivity index (χ2v) is 7.06. The van der Waals surface area contributed by atoms with Crippen molar-refractivity contribution in [3.05, 3.63) is 46.4 Å². The minimum absolute atomic E-state index is 0.179. The molecule has 0 saturated carbocycles. The number of nitrogens with one attached hydrogen (secondary N) is 2. The Bertz CT molecular complexity index is 651. The van der Waals surface area contributed by atoms with Gasteiger partial charge in [0.05, 0.1) is 4.88 Å². The largest absolute Gasteiger partial charge is 0.383 e. The van der Waals surface area contributed by atoms with E-state index in [2.05, 4.69) is 22.5 Å². The van der Waals surface area contributed by atoms with Crippen LogP contribution in [0.25, 0.3) is 0 Å². The fraction of sp³-hybridized carbons (Fsp3) is 0.444. The topological polar surface area (TPSA) is 57.3 Å². The van der Waals surface area contributed by atoms with Crippen molar-refractivity contribution in [1.29, 1.82) is 0 Å². The molecule has 128 valence electrons. The maximum Gasteiger partial charge on any atom is 0.263 e. The molecule has 0 aromatic carbocycles. The molecule has 2 aromatic rings. The van der Waals surface area contributed by atoms with Crippen LogP contribution in [0, 0.1) is 6.92 Å². The van der Waals surface area contributed by atoms with E-state index >= 15 is 0 Å². The van der Waals surface area contributed by atoms with Gasteiger partial charge in [-0.15, -0.1) is 11.3 Å². The number of aryl methyl sites for hydroxylation is 1. The molecule has 1 saturated heterocycles. The van der Waals surface area contributed by atoms with Crippen LogP contribution in [0.4, 0.5) is 5.69 Å². The second kappa shape index (κ2) is 8.26. The van der Waals surface area contributed by atoms with E-state index in [-0.39, 0.29) is 5.91 Å². The van der Waals surface area contributed by atoms with Crippen molar-refractivity contribution in [2.75, 3.05) is 31.5 Å². The van der Waals surface area contributed by atoms with Crippen LogP contribution in [0.1, 0.15) is 28.1 Å². The Morgan fingerprint density at radius 1 is 1.33 bits per heavy atom. The number of rotatable bonds is 6. The normalized spacial score (nSPS) is 15.5. The van der Waals surface area contributed by atoms with Gasteiger partial charge in [0.1, 0.15) is 0 Å². The number of hydrogen-bond donors (Lipinski definition) is 2. The summed E-state index contributed by atoms with van der Waals surface area (Å²) in [5.74, 6) is 0.179. The molecule has 1 aliphatic heterocycles. The summed E-state index contributed by atoms with van der Waals surface area (Å²) < 4.78 is 0. The molecule has 0 unspecified atom stereocenters. The van der Waals surface area contributed by atoms with E-state index in [1.54, 1.807) is 0 Å². The fourth-order valence-corrected chi connectivity index (χ4v) is 3.68. The van der Waals surface area contributed by atoms with Gasteiger partial charge in [-0.05, 0) is 42.8 Å². The summed E-state index contributed by atoms with van der Waals surface area (Å²) in [5, 5.41) is 8.98. The van der Waals surface area contributed by atoms with Gasteiger partial charge in [0.2, 0.25) is 0 Å². The van der Waals surface area contributed by atoms with Crippen LogP contribution in [-0.2, 0) is 0 Å². The van der Waals surface area contributed by atoms with E-state index in [4.69, 9.17) is 0 Å². The first-order valence-electron chi connectivity index (χ1n) is 8.44. The lowest BCUT2D eigenvalue weighted by atomic mass is 10.0. The van der Waals surface area contributed by atoms with Gasteiger partial charge in [0.25, 0.3) is 5.91 Å². The first-order valence-corrected chi connectivity index (χ1v) is 9.32. The third kappa shape index (κ3) is 4.33. The summed E-state index contributed by atoms with van der Waals surface area (Å²) >= 11 is 1.52. The molecule has 6 heteroatoms. The lowest BCUT2D eigenvalue weighted by Gasteiger charge is -2.32. The monoisotopic (exact) mass is 344 g/mol. The number of pyridine rings is 1. The molecule has 2 aromatic heterocycles. The van der Waals surface area contributed by atoms with Crippen LogP contribution >= 0.6 is 11.3 Å². The van der Waals surface area contributed by atoms with Crippen LogP contribution in [0.2, 0.25) is 0 Å². The maximum atomic E-state index is 12.3. The van der Waals surface area contributed by atoms with Gasteiger partial charge in [-0.2, -0.15) is 0 Å². The van der Waals surface area contributed by atoms with Crippen LogP contribution in [0.3, 0.4) is 0 Å². The van der Waals surface area contributed by atoms with Crippen molar-refractivity contribution < 1.29 is 4.79 Å². The lowest BCUT2D eigenvalue weighted by Crippen LogP contribution is -2.45. The summed E-state index contributed by atoms with van der Waals surface area (Å²) in [6, 6.07) is 6.34. The van der Waals surface area contributed by atoms with Gasteiger partial charge in [-0.3, -0.25) is 9.78 Å². The smallest absolute Gasteiger partial charge is 0.263 e. The fourth-order valence-electron chi connectivity index (χ4n) is 2.99.